The largest absolute Gasteiger partial charge is 0.298 e. The first-order valence-corrected chi connectivity index (χ1v) is 38.5. The van der Waals surface area contributed by atoms with E-state index in [-0.39, 0.29) is 0 Å². The second kappa shape index (κ2) is 33.0. The van der Waals surface area contributed by atoms with E-state index in [4.69, 9.17) is 46.4 Å². The summed E-state index contributed by atoms with van der Waals surface area (Å²) in [5, 5.41) is 0. The van der Waals surface area contributed by atoms with Crippen molar-refractivity contribution in [3.63, 3.8) is 0 Å². The number of aryl methyl sites for hydroxylation is 4. The number of carbonyl (C=O) groups excluding carboxylic acids is 2. The molecule has 2 nitrogen and oxygen atoms in total. The monoisotopic (exact) mass is 1270 g/mol. The van der Waals surface area contributed by atoms with Crippen LogP contribution in [0.2, 0.25) is 0 Å². The molecule has 0 saturated heterocycles. The van der Waals surface area contributed by atoms with E-state index in [1.807, 2.05) is 0 Å². The smallest absolute Gasteiger partial charge is 0.151 e. The summed E-state index contributed by atoms with van der Waals surface area (Å²) in [7, 11) is 0. The Morgan fingerprint density at radius 2 is 0.443 bits per heavy atom. The highest BCUT2D eigenvalue weighted by molar-refractivity contribution is 6.55. The van der Waals surface area contributed by atoms with Crippen molar-refractivity contribution < 1.29 is 9.59 Å². The van der Waals surface area contributed by atoms with Gasteiger partial charge in [-0.1, -0.05) is 287 Å². The number of rotatable bonds is 30. The second-order valence-corrected chi connectivity index (χ2v) is 32.2. The van der Waals surface area contributed by atoms with Gasteiger partial charge in [-0.15, -0.1) is 0 Å². The fourth-order valence-electron chi connectivity index (χ4n) is 18.1. The first-order chi connectivity index (χ1) is 42.7. The van der Waals surface area contributed by atoms with Gasteiger partial charge in [-0.2, -0.15) is 0 Å². The van der Waals surface area contributed by atoms with Gasteiger partial charge in [-0.05, 0) is 222 Å². The van der Waals surface area contributed by atoms with Crippen LogP contribution < -0.4 is 0 Å². The standard InChI is InChI=1S/C42H60Cl2O.C40H56Cl2O/c1-3-5-7-9-11-13-15-33-17-21-35(22-18-33)37-25-29-40(30-26-37)39(45)41(42(40,43)44)31-27-38(28-32-41)36-23-19-34(20-24-36)16-14-12-10-8-6-4-2;1-3-5-7-9-11-13-31-15-19-33(20-16-31)35-23-27-38(28-24-35)37(43)39(40(38,41)42)29-25-36(26-30-39)34-21-17-32(18-22-34)14-12-10-8-6-4-2/h17-24,37-38H,3-16,25-32H2,1-2H3;15-22,35-36H,3-14,23-30H2,1-2H3. The number of alkyl halides is 4. The van der Waals surface area contributed by atoms with E-state index < -0.39 is 30.3 Å². The van der Waals surface area contributed by atoms with Crippen LogP contribution in [0.1, 0.15) is 340 Å². The summed E-state index contributed by atoms with van der Waals surface area (Å²) in [6.07, 6.45) is 48.8. The first-order valence-electron chi connectivity index (χ1n) is 36.9. The molecule has 6 heteroatoms. The molecule has 4 aromatic carbocycles. The molecule has 0 amide bonds. The molecule has 10 rings (SSSR count). The molecule has 0 aromatic heterocycles. The van der Waals surface area contributed by atoms with Crippen molar-refractivity contribution in [1.29, 1.82) is 0 Å². The molecule has 6 fully saturated rings. The van der Waals surface area contributed by atoms with E-state index >= 15 is 0 Å². The first kappa shape index (κ1) is 69.7. The van der Waals surface area contributed by atoms with Crippen LogP contribution in [-0.2, 0) is 35.3 Å². The predicted octanol–water partition coefficient (Wildman–Crippen LogP) is 25.7. The molecule has 0 aliphatic heterocycles. The summed E-state index contributed by atoms with van der Waals surface area (Å²) in [6.45, 7) is 9.09. The zero-order valence-corrected chi connectivity index (χ0v) is 58.6. The summed E-state index contributed by atoms with van der Waals surface area (Å²) in [5.41, 5.74) is 9.32. The molecule has 6 aliphatic carbocycles. The molecule has 0 atom stereocenters. The molecule has 0 unspecified atom stereocenters. The van der Waals surface area contributed by atoms with Gasteiger partial charge < -0.3 is 0 Å². The highest BCUT2D eigenvalue weighted by Crippen LogP contribution is 2.76. The van der Waals surface area contributed by atoms with Crippen molar-refractivity contribution in [2.45, 2.75) is 330 Å². The Labute approximate surface area is 556 Å². The van der Waals surface area contributed by atoms with Crippen molar-refractivity contribution >= 4 is 58.0 Å². The normalized spacial score (nSPS) is 28.0. The molecule has 0 bridgehead atoms. The Morgan fingerprint density at radius 3 is 0.614 bits per heavy atom. The van der Waals surface area contributed by atoms with E-state index in [1.165, 1.54) is 211 Å². The maximum atomic E-state index is 14.1. The third-order valence-electron chi connectivity index (χ3n) is 24.1. The number of unbranched alkanes of at least 4 members (excludes halogenated alkanes) is 18. The molecular weight excluding hydrogens is 1160 g/mol. The van der Waals surface area contributed by atoms with E-state index in [0.29, 0.717) is 35.2 Å². The zero-order chi connectivity index (χ0) is 62.1. The van der Waals surface area contributed by atoms with Crippen LogP contribution in [0.3, 0.4) is 0 Å². The van der Waals surface area contributed by atoms with Crippen molar-refractivity contribution in [3.8, 4) is 0 Å². The van der Waals surface area contributed by atoms with Crippen molar-refractivity contribution in [2.24, 2.45) is 21.7 Å². The lowest BCUT2D eigenvalue weighted by Crippen LogP contribution is -2.74. The van der Waals surface area contributed by atoms with Gasteiger partial charge in [-0.3, -0.25) is 9.59 Å². The van der Waals surface area contributed by atoms with E-state index in [2.05, 4.69) is 125 Å². The summed E-state index contributed by atoms with van der Waals surface area (Å²) in [4.78, 5) is 28.2. The predicted molar refractivity (Wildman–Crippen MR) is 378 cm³/mol. The molecule has 4 spiro atoms. The average molecular weight is 1280 g/mol. The molecule has 0 radical (unpaired) electrons. The van der Waals surface area contributed by atoms with Crippen molar-refractivity contribution in [3.05, 3.63) is 142 Å². The zero-order valence-electron chi connectivity index (χ0n) is 55.6. The van der Waals surface area contributed by atoms with Crippen LogP contribution in [0.5, 0.6) is 0 Å². The van der Waals surface area contributed by atoms with E-state index in [1.54, 1.807) is 0 Å². The summed E-state index contributed by atoms with van der Waals surface area (Å²) in [6, 6.07) is 37.4. The summed E-state index contributed by atoms with van der Waals surface area (Å²) >= 11 is 29.3. The van der Waals surface area contributed by atoms with Crippen LogP contribution >= 0.6 is 46.4 Å². The third-order valence-corrected chi connectivity index (χ3v) is 27.0. The minimum atomic E-state index is -0.936. The van der Waals surface area contributed by atoms with E-state index in [0.717, 1.165) is 103 Å². The average Bonchev–Trinajstić information content (AvgIpc) is 0.679. The fourth-order valence-corrected chi connectivity index (χ4v) is 20.3. The van der Waals surface area contributed by atoms with Gasteiger partial charge in [0.1, 0.15) is 8.67 Å². The topological polar surface area (TPSA) is 34.1 Å². The maximum absolute atomic E-state index is 14.1. The molecule has 6 saturated carbocycles. The Bertz CT molecular complexity index is 2530. The molecular formula is C82H116Cl4O2. The molecule has 88 heavy (non-hydrogen) atoms. The number of hydrogen-bond acceptors (Lipinski definition) is 2. The second-order valence-electron chi connectivity index (χ2n) is 29.6. The number of ketones is 2. The van der Waals surface area contributed by atoms with Crippen LogP contribution in [0, 0.1) is 21.7 Å². The summed E-state index contributed by atoms with van der Waals surface area (Å²) < 4.78 is -1.87. The highest BCUT2D eigenvalue weighted by Gasteiger charge is 2.80. The molecule has 0 heterocycles. The van der Waals surface area contributed by atoms with Gasteiger partial charge in [0.25, 0.3) is 0 Å². The van der Waals surface area contributed by atoms with Crippen molar-refractivity contribution in [1.82, 2.24) is 0 Å². The third kappa shape index (κ3) is 15.4. The Hall–Kier alpha value is -2.62. The fraction of sp³-hybridized carbons (Fsp3) is 0.683. The number of Topliss-reactive ketones (excluding diaryl/α,β-unsaturated/α-hetero) is 2. The van der Waals surface area contributed by atoms with Gasteiger partial charge in [0.15, 0.2) is 11.6 Å². The molecule has 6 aliphatic rings. The van der Waals surface area contributed by atoms with Gasteiger partial charge in [0, 0.05) is 0 Å². The van der Waals surface area contributed by atoms with Crippen LogP contribution in [0.25, 0.3) is 0 Å². The number of hydrogen-bond donors (Lipinski definition) is 0. The molecule has 484 valence electrons. The SMILES string of the molecule is CCCCCCCCc1ccc(C2CCC3(CC2)C(=O)C2(CCC(c4ccc(CCCCCCCC)cc4)CC2)C3(Cl)Cl)cc1.CCCCCCCc1ccc(C2CCC3(CC2)C(=O)C2(CCC(c4ccc(CCCCCCC)cc4)CC2)C3(Cl)Cl)cc1. The Balaban J connectivity index is 0.000000210. The Kier molecular flexibility index (Phi) is 26.1. The lowest BCUT2D eigenvalue weighted by atomic mass is 9.42. The summed E-state index contributed by atoms with van der Waals surface area (Å²) in [5.74, 6) is 2.80. The van der Waals surface area contributed by atoms with Gasteiger partial charge in [-0.25, -0.2) is 0 Å². The van der Waals surface area contributed by atoms with E-state index in [9.17, 15) is 9.59 Å². The molecule has 0 N–H and O–H groups in total. The number of benzene rings is 4. The number of carbonyl (C=O) groups is 2. The van der Waals surface area contributed by atoms with Crippen LogP contribution in [-0.4, -0.2) is 20.2 Å². The quantitative estimate of drug-likeness (QED) is 0.0385. The molecule has 4 aromatic rings. The van der Waals surface area contributed by atoms with Crippen molar-refractivity contribution in [2.75, 3.05) is 0 Å². The van der Waals surface area contributed by atoms with Gasteiger partial charge >= 0.3 is 0 Å². The Morgan fingerprint density at radius 1 is 0.273 bits per heavy atom. The van der Waals surface area contributed by atoms with Gasteiger partial charge in [0.2, 0.25) is 0 Å². The lowest BCUT2D eigenvalue weighted by Gasteiger charge is -2.67. The maximum Gasteiger partial charge on any atom is 0.151 e. The highest BCUT2D eigenvalue weighted by atomic mass is 35.5. The number of halogens is 4. The van der Waals surface area contributed by atoms with Crippen LogP contribution in [0.4, 0.5) is 0 Å². The lowest BCUT2D eigenvalue weighted by molar-refractivity contribution is -0.171. The minimum Gasteiger partial charge on any atom is -0.298 e. The van der Waals surface area contributed by atoms with Crippen LogP contribution in [0.15, 0.2) is 97.1 Å². The minimum absolute atomic E-state index is 0.388. The van der Waals surface area contributed by atoms with Gasteiger partial charge in [0.05, 0.1) is 21.7 Å².